The molecule has 1 aliphatic rings. The quantitative estimate of drug-likeness (QED) is 0.925. The Morgan fingerprint density at radius 3 is 2.86 bits per heavy atom. The molecule has 2 aromatic heterocycles. The largest absolute Gasteiger partial charge is 0.342 e. The maximum absolute atomic E-state index is 12.2. The molecule has 6 heteroatoms. The van der Waals surface area contributed by atoms with Crippen LogP contribution in [-0.2, 0) is 0 Å². The third kappa shape index (κ3) is 2.69. The molecule has 1 fully saturated rings. The lowest BCUT2D eigenvalue weighted by Gasteiger charge is -2.30. The lowest BCUT2D eigenvalue weighted by atomic mass is 10.00. The van der Waals surface area contributed by atoms with Gasteiger partial charge in [0.2, 0.25) is 5.95 Å². The summed E-state index contributed by atoms with van der Waals surface area (Å²) >= 11 is 1.49. The van der Waals surface area contributed by atoms with E-state index in [1.807, 2.05) is 23.6 Å². The Hall–Kier alpha value is -2.13. The van der Waals surface area contributed by atoms with Crippen molar-refractivity contribution in [3.63, 3.8) is 0 Å². The predicted octanol–water partition coefficient (Wildman–Crippen LogP) is 2.61. The molecule has 108 valence electrons. The van der Waals surface area contributed by atoms with Crippen LogP contribution in [0.5, 0.6) is 0 Å². The van der Waals surface area contributed by atoms with Crippen LogP contribution in [0.2, 0.25) is 0 Å². The average molecular weight is 300 g/mol. The molecule has 3 heterocycles. The van der Waals surface area contributed by atoms with Crippen LogP contribution in [0, 0.1) is 17.2 Å². The van der Waals surface area contributed by atoms with E-state index >= 15 is 0 Å². The van der Waals surface area contributed by atoms with Crippen molar-refractivity contribution < 1.29 is 0 Å². The predicted molar refractivity (Wildman–Crippen MR) is 83.5 cm³/mol. The second-order valence-corrected chi connectivity index (χ2v) is 6.32. The molecule has 0 bridgehead atoms. The summed E-state index contributed by atoms with van der Waals surface area (Å²) in [6.45, 7) is 4.02. The molecule has 0 unspecified atom stereocenters. The minimum Gasteiger partial charge on any atom is -0.342 e. The van der Waals surface area contributed by atoms with Crippen LogP contribution in [0.4, 0.5) is 5.95 Å². The van der Waals surface area contributed by atoms with E-state index in [1.165, 1.54) is 11.3 Å². The SMILES string of the molecule is CC1CCN(c2nc(-c3cccs3)c(C#N)c(=O)[nH]2)CC1. The van der Waals surface area contributed by atoms with Crippen LogP contribution in [-0.4, -0.2) is 23.1 Å². The highest BCUT2D eigenvalue weighted by Crippen LogP contribution is 2.27. The minimum absolute atomic E-state index is 0.0894. The highest BCUT2D eigenvalue weighted by Gasteiger charge is 2.21. The fraction of sp³-hybridized carbons (Fsp3) is 0.400. The zero-order valence-electron chi connectivity index (χ0n) is 11.8. The Bertz CT molecular complexity index is 721. The smallest absolute Gasteiger partial charge is 0.270 e. The first kappa shape index (κ1) is 13.8. The van der Waals surface area contributed by atoms with E-state index in [4.69, 9.17) is 0 Å². The minimum atomic E-state index is -0.357. The zero-order valence-corrected chi connectivity index (χ0v) is 12.6. The summed E-state index contributed by atoms with van der Waals surface area (Å²) in [5.74, 6) is 1.29. The monoisotopic (exact) mass is 300 g/mol. The third-order valence-corrected chi connectivity index (χ3v) is 4.73. The van der Waals surface area contributed by atoms with Crippen molar-refractivity contribution in [2.45, 2.75) is 19.8 Å². The zero-order chi connectivity index (χ0) is 14.8. The number of H-pyrrole nitrogens is 1. The van der Waals surface area contributed by atoms with Crippen LogP contribution in [0.15, 0.2) is 22.3 Å². The number of piperidine rings is 1. The number of anilines is 1. The number of aromatic nitrogens is 2. The maximum Gasteiger partial charge on any atom is 0.270 e. The fourth-order valence-electron chi connectivity index (χ4n) is 2.53. The topological polar surface area (TPSA) is 72.8 Å². The Kier molecular flexibility index (Phi) is 3.76. The van der Waals surface area contributed by atoms with Gasteiger partial charge in [0.15, 0.2) is 0 Å². The number of nitrogens with zero attached hydrogens (tertiary/aromatic N) is 3. The second kappa shape index (κ2) is 5.70. The van der Waals surface area contributed by atoms with Gasteiger partial charge < -0.3 is 4.90 Å². The molecule has 3 rings (SSSR count). The van der Waals surface area contributed by atoms with E-state index in [0.29, 0.717) is 17.6 Å². The van der Waals surface area contributed by atoms with E-state index in [0.717, 1.165) is 30.8 Å². The van der Waals surface area contributed by atoms with Crippen molar-refractivity contribution >= 4 is 17.3 Å². The lowest BCUT2D eigenvalue weighted by molar-refractivity contribution is 0.434. The van der Waals surface area contributed by atoms with E-state index < -0.39 is 0 Å². The molecule has 2 aromatic rings. The van der Waals surface area contributed by atoms with Gasteiger partial charge in [-0.3, -0.25) is 9.78 Å². The van der Waals surface area contributed by atoms with Gasteiger partial charge in [-0.15, -0.1) is 11.3 Å². The standard InChI is InChI=1S/C15H16N4OS/c1-10-4-6-19(7-5-10)15-17-13(12-3-2-8-21-12)11(9-16)14(20)18-15/h2-3,8,10H,4-7H2,1H3,(H,17,18,20). The van der Waals surface area contributed by atoms with Crippen molar-refractivity contribution in [3.05, 3.63) is 33.4 Å². The van der Waals surface area contributed by atoms with Gasteiger partial charge in [0.25, 0.3) is 5.56 Å². The highest BCUT2D eigenvalue weighted by molar-refractivity contribution is 7.13. The number of hydrogen-bond acceptors (Lipinski definition) is 5. The van der Waals surface area contributed by atoms with Gasteiger partial charge in [-0.25, -0.2) is 4.98 Å². The van der Waals surface area contributed by atoms with Crippen LogP contribution in [0.1, 0.15) is 25.3 Å². The summed E-state index contributed by atoms with van der Waals surface area (Å²) < 4.78 is 0. The van der Waals surface area contributed by atoms with Crippen molar-refractivity contribution in [2.75, 3.05) is 18.0 Å². The van der Waals surface area contributed by atoms with Crippen LogP contribution < -0.4 is 10.5 Å². The lowest BCUT2D eigenvalue weighted by Crippen LogP contribution is -2.35. The molecule has 0 aliphatic carbocycles. The van der Waals surface area contributed by atoms with Gasteiger partial charge in [-0.05, 0) is 30.2 Å². The summed E-state index contributed by atoms with van der Waals surface area (Å²) in [5, 5.41) is 11.1. The number of thiophene rings is 1. The molecule has 1 saturated heterocycles. The van der Waals surface area contributed by atoms with Gasteiger partial charge in [0, 0.05) is 13.1 Å². The van der Waals surface area contributed by atoms with Gasteiger partial charge in [0.1, 0.15) is 17.3 Å². The Morgan fingerprint density at radius 2 is 2.24 bits per heavy atom. The molecule has 0 radical (unpaired) electrons. The molecule has 1 aliphatic heterocycles. The molecular weight excluding hydrogens is 284 g/mol. The van der Waals surface area contributed by atoms with Crippen molar-refractivity contribution in [2.24, 2.45) is 5.92 Å². The van der Waals surface area contributed by atoms with Gasteiger partial charge in [-0.1, -0.05) is 13.0 Å². The van der Waals surface area contributed by atoms with Gasteiger partial charge in [0.05, 0.1) is 4.88 Å². The van der Waals surface area contributed by atoms with Crippen molar-refractivity contribution in [1.82, 2.24) is 9.97 Å². The summed E-state index contributed by atoms with van der Waals surface area (Å²) in [5.41, 5.74) is 0.223. The normalized spacial score (nSPS) is 15.9. The first-order valence-corrected chi connectivity index (χ1v) is 7.90. The Balaban J connectivity index is 2.04. The fourth-order valence-corrected chi connectivity index (χ4v) is 3.25. The highest BCUT2D eigenvalue weighted by atomic mass is 32.1. The first-order valence-electron chi connectivity index (χ1n) is 7.02. The van der Waals surface area contributed by atoms with Crippen LogP contribution in [0.25, 0.3) is 10.6 Å². The second-order valence-electron chi connectivity index (χ2n) is 5.37. The number of nitriles is 1. The summed E-state index contributed by atoms with van der Waals surface area (Å²) in [6.07, 6.45) is 2.19. The van der Waals surface area contributed by atoms with E-state index in [2.05, 4.69) is 21.8 Å². The number of rotatable bonds is 2. The molecule has 0 aromatic carbocycles. The molecule has 0 saturated carbocycles. The van der Waals surface area contributed by atoms with Crippen molar-refractivity contribution in [1.29, 1.82) is 5.26 Å². The molecule has 0 spiro atoms. The maximum atomic E-state index is 12.2. The Labute approximate surface area is 126 Å². The van der Waals surface area contributed by atoms with E-state index in [1.54, 1.807) is 0 Å². The number of hydrogen-bond donors (Lipinski definition) is 1. The molecule has 0 amide bonds. The van der Waals surface area contributed by atoms with Crippen molar-refractivity contribution in [3.8, 4) is 16.6 Å². The third-order valence-electron chi connectivity index (χ3n) is 3.86. The summed E-state index contributed by atoms with van der Waals surface area (Å²) in [6, 6.07) is 5.75. The first-order chi connectivity index (χ1) is 10.2. The molecule has 0 atom stereocenters. The van der Waals surface area contributed by atoms with E-state index in [-0.39, 0.29) is 11.1 Å². The Morgan fingerprint density at radius 1 is 1.48 bits per heavy atom. The molecule has 5 nitrogen and oxygen atoms in total. The molecular formula is C15H16N4OS. The number of nitrogens with one attached hydrogen (secondary N) is 1. The molecule has 1 N–H and O–H groups in total. The van der Waals surface area contributed by atoms with Gasteiger partial charge in [-0.2, -0.15) is 5.26 Å². The van der Waals surface area contributed by atoms with Crippen LogP contribution in [0.3, 0.4) is 0 Å². The summed E-state index contributed by atoms with van der Waals surface area (Å²) in [4.78, 5) is 22.4. The van der Waals surface area contributed by atoms with E-state index in [9.17, 15) is 10.1 Å². The average Bonchev–Trinajstić information content (AvgIpc) is 3.01. The number of aromatic amines is 1. The van der Waals surface area contributed by atoms with Crippen LogP contribution >= 0.6 is 11.3 Å². The summed E-state index contributed by atoms with van der Waals surface area (Å²) in [7, 11) is 0. The molecule has 21 heavy (non-hydrogen) atoms. The van der Waals surface area contributed by atoms with Gasteiger partial charge >= 0.3 is 0 Å².